The largest absolute Gasteiger partial charge is 0.364 e. The molecule has 1 amide bonds. The number of anilines is 1. The maximum absolute atomic E-state index is 12.9. The molecule has 3 heterocycles. The Morgan fingerprint density at radius 1 is 1.00 bits per heavy atom. The van der Waals surface area contributed by atoms with Crippen molar-refractivity contribution in [3.8, 4) is 0 Å². The number of hydrogen-bond donors (Lipinski definition) is 0. The minimum absolute atomic E-state index is 0.0596. The van der Waals surface area contributed by atoms with Gasteiger partial charge in [-0.3, -0.25) is 14.8 Å². The van der Waals surface area contributed by atoms with Gasteiger partial charge < -0.3 is 9.80 Å². The Morgan fingerprint density at radius 2 is 1.80 bits per heavy atom. The lowest BCUT2D eigenvalue weighted by atomic mass is 9.77. The first-order valence-electron chi connectivity index (χ1n) is 10.6. The minimum atomic E-state index is 0.0596. The van der Waals surface area contributed by atoms with E-state index in [1.807, 2.05) is 30.3 Å². The van der Waals surface area contributed by atoms with Crippen LogP contribution in [0.2, 0.25) is 5.02 Å². The van der Waals surface area contributed by atoms with Crippen LogP contribution >= 0.6 is 11.6 Å². The summed E-state index contributed by atoms with van der Waals surface area (Å²) in [6.45, 7) is 2.70. The molecule has 0 bridgehead atoms. The highest BCUT2D eigenvalue weighted by atomic mass is 35.5. The topological polar surface area (TPSA) is 49.3 Å². The summed E-state index contributed by atoms with van der Waals surface area (Å²) in [5.74, 6) is 0.250. The Morgan fingerprint density at radius 3 is 2.57 bits per heavy atom. The summed E-state index contributed by atoms with van der Waals surface area (Å²) in [5.41, 5.74) is 4.23. The van der Waals surface area contributed by atoms with Crippen molar-refractivity contribution in [2.24, 2.45) is 0 Å². The average Bonchev–Trinajstić information content (AvgIpc) is 2.78. The number of aryl methyl sites for hydroxylation is 1. The molecule has 0 radical (unpaired) electrons. The molecule has 2 aliphatic heterocycles. The number of aromatic nitrogens is 2. The van der Waals surface area contributed by atoms with E-state index in [-0.39, 0.29) is 11.4 Å². The quantitative estimate of drug-likeness (QED) is 0.624. The first-order chi connectivity index (χ1) is 14.6. The van der Waals surface area contributed by atoms with Gasteiger partial charge in [-0.1, -0.05) is 23.7 Å². The normalized spacial score (nSPS) is 21.1. The van der Waals surface area contributed by atoms with Crippen LogP contribution in [0.15, 0.2) is 54.9 Å². The molecule has 1 aromatic heterocycles. The molecule has 1 spiro atoms. The number of fused-ring (bicyclic) bond motifs is 1. The molecule has 1 atom stereocenters. The zero-order valence-electron chi connectivity index (χ0n) is 16.9. The van der Waals surface area contributed by atoms with Crippen molar-refractivity contribution in [3.05, 3.63) is 65.4 Å². The Bertz CT molecular complexity index is 1070. The van der Waals surface area contributed by atoms with Gasteiger partial charge in [0, 0.05) is 49.2 Å². The van der Waals surface area contributed by atoms with Crippen LogP contribution in [-0.4, -0.2) is 45.9 Å². The smallest absolute Gasteiger partial charge is 0.222 e. The number of likely N-dealkylation sites (tertiary alicyclic amines) is 1. The van der Waals surface area contributed by atoms with E-state index < -0.39 is 0 Å². The molecular weight excluding hydrogens is 396 g/mol. The number of carbonyl (C=O) groups excluding carboxylic acids is 1. The van der Waals surface area contributed by atoms with Gasteiger partial charge in [-0.25, -0.2) is 0 Å². The molecule has 30 heavy (non-hydrogen) atoms. The molecule has 0 aliphatic carbocycles. The highest BCUT2D eigenvalue weighted by Crippen LogP contribution is 2.42. The highest BCUT2D eigenvalue weighted by molar-refractivity contribution is 6.30. The molecule has 2 aliphatic rings. The van der Waals surface area contributed by atoms with Crippen LogP contribution in [-0.2, 0) is 11.2 Å². The molecule has 0 saturated carbocycles. The number of nitrogens with zero attached hydrogens (tertiary/aromatic N) is 4. The van der Waals surface area contributed by atoms with E-state index in [2.05, 4.69) is 31.9 Å². The fourth-order valence-corrected chi connectivity index (χ4v) is 5.00. The zero-order valence-corrected chi connectivity index (χ0v) is 17.7. The lowest BCUT2D eigenvalue weighted by Crippen LogP contribution is -2.68. The fraction of sp³-hybridized carbons (Fsp3) is 0.375. The number of carbonyl (C=O) groups is 1. The molecular formula is C24H25ClN4O. The summed E-state index contributed by atoms with van der Waals surface area (Å²) < 4.78 is 0. The van der Waals surface area contributed by atoms with Crippen molar-refractivity contribution >= 4 is 34.2 Å². The van der Waals surface area contributed by atoms with Crippen LogP contribution < -0.4 is 4.90 Å². The molecule has 5 nitrogen and oxygen atoms in total. The number of hydrogen-bond acceptors (Lipinski definition) is 4. The van der Waals surface area contributed by atoms with Gasteiger partial charge in [-0.2, -0.15) is 0 Å². The maximum atomic E-state index is 12.9. The van der Waals surface area contributed by atoms with E-state index in [0.29, 0.717) is 6.42 Å². The zero-order chi connectivity index (χ0) is 20.6. The van der Waals surface area contributed by atoms with Gasteiger partial charge in [-0.05, 0) is 61.6 Å². The minimum Gasteiger partial charge on any atom is -0.364 e. The van der Waals surface area contributed by atoms with E-state index in [1.54, 1.807) is 12.4 Å². The lowest BCUT2D eigenvalue weighted by Gasteiger charge is -2.58. The number of amides is 1. The van der Waals surface area contributed by atoms with Crippen molar-refractivity contribution in [1.29, 1.82) is 0 Å². The van der Waals surface area contributed by atoms with E-state index in [0.717, 1.165) is 66.9 Å². The SMILES string of the molecule is O=C(CCc1ccc(Cl)cc1)N1CCCC2(CCN2c2ccc3nccnc3c2)C1. The second-order valence-corrected chi connectivity index (χ2v) is 8.84. The summed E-state index contributed by atoms with van der Waals surface area (Å²) in [6, 6.07) is 14.1. The van der Waals surface area contributed by atoms with Gasteiger partial charge in [0.25, 0.3) is 0 Å². The van der Waals surface area contributed by atoms with Gasteiger partial charge >= 0.3 is 0 Å². The maximum Gasteiger partial charge on any atom is 0.222 e. The first-order valence-corrected chi connectivity index (χ1v) is 11.0. The average molecular weight is 421 g/mol. The fourth-order valence-electron chi connectivity index (χ4n) is 4.87. The number of halogens is 1. The van der Waals surface area contributed by atoms with Crippen LogP contribution in [0.5, 0.6) is 0 Å². The summed E-state index contributed by atoms with van der Waals surface area (Å²) in [4.78, 5) is 26.3. The van der Waals surface area contributed by atoms with Crippen molar-refractivity contribution < 1.29 is 4.79 Å². The van der Waals surface area contributed by atoms with Gasteiger partial charge in [0.2, 0.25) is 5.91 Å². The number of benzene rings is 2. The van der Waals surface area contributed by atoms with Gasteiger partial charge in [-0.15, -0.1) is 0 Å². The van der Waals surface area contributed by atoms with Crippen molar-refractivity contribution in [1.82, 2.24) is 14.9 Å². The predicted molar refractivity (Wildman–Crippen MR) is 120 cm³/mol. The van der Waals surface area contributed by atoms with E-state index >= 15 is 0 Å². The second-order valence-electron chi connectivity index (χ2n) is 8.40. The number of piperidine rings is 1. The molecule has 0 N–H and O–H groups in total. The van der Waals surface area contributed by atoms with Crippen LogP contribution in [0, 0.1) is 0 Å². The Labute approximate surface area is 181 Å². The standard InChI is InChI=1S/C24H25ClN4O/c25-19-5-2-18(3-6-19)4-9-23(30)28-14-1-10-24(17-28)11-15-29(24)20-7-8-21-22(16-20)27-13-12-26-21/h2-3,5-8,12-13,16H,1,4,9-11,14-15,17H2. The molecule has 154 valence electrons. The van der Waals surface area contributed by atoms with E-state index in [9.17, 15) is 4.79 Å². The molecule has 2 fully saturated rings. The third kappa shape index (κ3) is 3.63. The molecule has 1 unspecified atom stereocenters. The first kappa shape index (κ1) is 19.3. The van der Waals surface area contributed by atoms with E-state index in [4.69, 9.17) is 11.6 Å². The van der Waals surface area contributed by atoms with Gasteiger partial charge in [0.15, 0.2) is 0 Å². The number of rotatable bonds is 4. The summed E-state index contributed by atoms with van der Waals surface area (Å²) in [5, 5.41) is 0.729. The Hall–Kier alpha value is -2.66. The highest BCUT2D eigenvalue weighted by Gasteiger charge is 2.48. The summed E-state index contributed by atoms with van der Waals surface area (Å²) >= 11 is 5.96. The van der Waals surface area contributed by atoms with Gasteiger partial charge in [0.05, 0.1) is 16.6 Å². The second kappa shape index (κ2) is 7.88. The molecule has 5 rings (SSSR count). The third-order valence-electron chi connectivity index (χ3n) is 6.59. The van der Waals surface area contributed by atoms with Crippen molar-refractivity contribution in [2.45, 2.75) is 37.6 Å². The van der Waals surface area contributed by atoms with Crippen LogP contribution in [0.4, 0.5) is 5.69 Å². The summed E-state index contributed by atoms with van der Waals surface area (Å²) in [6.07, 6.45) is 8.08. The van der Waals surface area contributed by atoms with Crippen LogP contribution in [0.1, 0.15) is 31.2 Å². The molecule has 3 aromatic rings. The van der Waals surface area contributed by atoms with Crippen LogP contribution in [0.25, 0.3) is 11.0 Å². The Balaban J connectivity index is 1.27. The molecule has 2 saturated heterocycles. The molecule has 6 heteroatoms. The predicted octanol–water partition coefficient (Wildman–Crippen LogP) is 4.49. The van der Waals surface area contributed by atoms with Gasteiger partial charge in [0.1, 0.15) is 0 Å². The van der Waals surface area contributed by atoms with E-state index in [1.165, 1.54) is 5.69 Å². The van der Waals surface area contributed by atoms with Crippen molar-refractivity contribution in [3.63, 3.8) is 0 Å². The van der Waals surface area contributed by atoms with Crippen molar-refractivity contribution in [2.75, 3.05) is 24.5 Å². The van der Waals surface area contributed by atoms with Crippen LogP contribution in [0.3, 0.4) is 0 Å². The lowest BCUT2D eigenvalue weighted by molar-refractivity contribution is -0.134. The summed E-state index contributed by atoms with van der Waals surface area (Å²) in [7, 11) is 0. The Kier molecular flexibility index (Phi) is 5.07. The third-order valence-corrected chi connectivity index (χ3v) is 6.84. The monoisotopic (exact) mass is 420 g/mol. The molecule has 2 aromatic carbocycles.